The lowest BCUT2D eigenvalue weighted by Crippen LogP contribution is -2.55. The van der Waals surface area contributed by atoms with E-state index in [-0.39, 0.29) is 11.5 Å². The number of carbonyl (C=O) groups is 1. The fourth-order valence-corrected chi connectivity index (χ4v) is 3.45. The van der Waals surface area contributed by atoms with Crippen LogP contribution in [0, 0.1) is 0 Å². The van der Waals surface area contributed by atoms with Crippen LogP contribution in [0.25, 0.3) is 0 Å². The van der Waals surface area contributed by atoms with Crippen LogP contribution in [0.4, 0.5) is 0 Å². The van der Waals surface area contributed by atoms with Gasteiger partial charge in [0.1, 0.15) is 0 Å². The third kappa shape index (κ3) is 2.47. The molecule has 2 unspecified atom stereocenters. The lowest BCUT2D eigenvalue weighted by atomic mass is 9.83. The van der Waals surface area contributed by atoms with Crippen LogP contribution in [0.3, 0.4) is 0 Å². The van der Waals surface area contributed by atoms with E-state index in [0.717, 1.165) is 13.0 Å². The molecule has 2 saturated heterocycles. The summed E-state index contributed by atoms with van der Waals surface area (Å²) in [7, 11) is 1.98. The highest BCUT2D eigenvalue weighted by atomic mass is 16.5. The molecule has 0 aliphatic carbocycles. The molecule has 98 valence electrons. The molecule has 0 radical (unpaired) electrons. The molecule has 4 heteroatoms. The average Bonchev–Trinajstić information content (AvgIpc) is 2.70. The van der Waals surface area contributed by atoms with Crippen molar-refractivity contribution in [3.63, 3.8) is 0 Å². The van der Waals surface area contributed by atoms with Gasteiger partial charge in [0.05, 0.1) is 13.0 Å². The molecule has 0 aromatic rings. The van der Waals surface area contributed by atoms with Crippen molar-refractivity contribution in [2.75, 3.05) is 26.7 Å². The van der Waals surface area contributed by atoms with Crippen molar-refractivity contribution in [2.45, 2.75) is 50.6 Å². The second kappa shape index (κ2) is 5.36. The summed E-state index contributed by atoms with van der Waals surface area (Å²) in [6.45, 7) is 4.65. The van der Waals surface area contributed by atoms with Crippen LogP contribution in [0.1, 0.15) is 39.0 Å². The number of carbonyl (C=O) groups excluding carboxylic acids is 1. The van der Waals surface area contributed by atoms with Crippen molar-refractivity contribution in [1.29, 1.82) is 0 Å². The van der Waals surface area contributed by atoms with Crippen LogP contribution < -0.4 is 5.32 Å². The molecule has 2 aliphatic rings. The molecule has 2 heterocycles. The van der Waals surface area contributed by atoms with Gasteiger partial charge in [0.15, 0.2) is 0 Å². The number of hydrogen-bond donors (Lipinski definition) is 1. The van der Waals surface area contributed by atoms with Crippen molar-refractivity contribution in [3.8, 4) is 0 Å². The first-order valence-corrected chi connectivity index (χ1v) is 6.80. The molecule has 2 aliphatic heterocycles. The Morgan fingerprint density at radius 2 is 2.29 bits per heavy atom. The molecule has 1 N–H and O–H groups in total. The zero-order valence-corrected chi connectivity index (χ0v) is 11.0. The second-order valence-corrected chi connectivity index (χ2v) is 5.19. The summed E-state index contributed by atoms with van der Waals surface area (Å²) >= 11 is 0. The van der Waals surface area contributed by atoms with Crippen molar-refractivity contribution >= 4 is 5.97 Å². The van der Waals surface area contributed by atoms with Crippen LogP contribution in [0.15, 0.2) is 0 Å². The number of ether oxygens (including phenoxy) is 1. The van der Waals surface area contributed by atoms with Crippen LogP contribution in [-0.4, -0.2) is 49.2 Å². The van der Waals surface area contributed by atoms with E-state index in [0.29, 0.717) is 19.1 Å². The van der Waals surface area contributed by atoms with Gasteiger partial charge < -0.3 is 10.1 Å². The molecular weight excluding hydrogens is 216 g/mol. The molecule has 2 fully saturated rings. The highest BCUT2D eigenvalue weighted by molar-refractivity contribution is 5.71. The van der Waals surface area contributed by atoms with Gasteiger partial charge in [-0.1, -0.05) is 6.42 Å². The van der Waals surface area contributed by atoms with Gasteiger partial charge in [-0.2, -0.15) is 0 Å². The number of piperidine rings is 1. The number of esters is 1. The fraction of sp³-hybridized carbons (Fsp3) is 0.923. The Kier molecular flexibility index (Phi) is 4.05. The van der Waals surface area contributed by atoms with Gasteiger partial charge in [0, 0.05) is 18.1 Å². The Morgan fingerprint density at radius 3 is 3.00 bits per heavy atom. The topological polar surface area (TPSA) is 41.6 Å². The lowest BCUT2D eigenvalue weighted by Gasteiger charge is -2.40. The number of nitrogens with zero attached hydrogens (tertiary/aromatic N) is 1. The van der Waals surface area contributed by atoms with Gasteiger partial charge in [-0.15, -0.1) is 0 Å². The maximum atomic E-state index is 11.8. The van der Waals surface area contributed by atoms with Gasteiger partial charge in [-0.3, -0.25) is 9.69 Å². The van der Waals surface area contributed by atoms with E-state index in [1.54, 1.807) is 0 Å². The van der Waals surface area contributed by atoms with Gasteiger partial charge in [0.2, 0.25) is 0 Å². The van der Waals surface area contributed by atoms with Gasteiger partial charge in [-0.05, 0) is 39.8 Å². The standard InChI is InChI=1S/C13H24N2O2/c1-3-17-12(16)10-13(14-2)7-9-15-8-5-4-6-11(13)15/h11,14H,3-10H2,1-2H3. The molecule has 0 amide bonds. The average molecular weight is 240 g/mol. The largest absolute Gasteiger partial charge is 0.466 e. The van der Waals surface area contributed by atoms with Crippen LogP contribution >= 0.6 is 0 Å². The number of nitrogens with one attached hydrogen (secondary N) is 1. The summed E-state index contributed by atoms with van der Waals surface area (Å²) in [4.78, 5) is 14.3. The van der Waals surface area contributed by atoms with E-state index < -0.39 is 0 Å². The van der Waals surface area contributed by atoms with Crippen molar-refractivity contribution in [3.05, 3.63) is 0 Å². The van der Waals surface area contributed by atoms with E-state index in [1.165, 1.54) is 25.8 Å². The van der Waals surface area contributed by atoms with Crippen molar-refractivity contribution < 1.29 is 9.53 Å². The number of likely N-dealkylation sites (N-methyl/N-ethyl adjacent to an activating group) is 1. The Balaban J connectivity index is 2.05. The molecule has 17 heavy (non-hydrogen) atoms. The Labute approximate surface area is 104 Å². The normalized spacial score (nSPS) is 33.4. The molecule has 2 atom stereocenters. The predicted octanol–water partition coefficient (Wildman–Crippen LogP) is 1.16. The Hall–Kier alpha value is -0.610. The van der Waals surface area contributed by atoms with Crippen molar-refractivity contribution in [2.24, 2.45) is 0 Å². The quantitative estimate of drug-likeness (QED) is 0.749. The highest BCUT2D eigenvalue weighted by Gasteiger charge is 2.48. The van der Waals surface area contributed by atoms with Crippen LogP contribution in [-0.2, 0) is 9.53 Å². The molecule has 0 aromatic carbocycles. The maximum Gasteiger partial charge on any atom is 0.307 e. The molecule has 0 spiro atoms. The maximum absolute atomic E-state index is 11.8. The Morgan fingerprint density at radius 1 is 1.47 bits per heavy atom. The minimum Gasteiger partial charge on any atom is -0.466 e. The van der Waals surface area contributed by atoms with Gasteiger partial charge in [-0.25, -0.2) is 0 Å². The summed E-state index contributed by atoms with van der Waals surface area (Å²) in [5.41, 5.74) is -0.0489. The first-order valence-electron chi connectivity index (χ1n) is 6.80. The first-order chi connectivity index (χ1) is 8.22. The molecule has 0 bridgehead atoms. The smallest absolute Gasteiger partial charge is 0.307 e. The number of fused-ring (bicyclic) bond motifs is 1. The van der Waals surface area contributed by atoms with Gasteiger partial charge in [0.25, 0.3) is 0 Å². The third-order valence-corrected chi connectivity index (χ3v) is 4.36. The number of rotatable bonds is 4. The SMILES string of the molecule is CCOC(=O)CC1(NC)CCN2CCCCC21. The summed E-state index contributed by atoms with van der Waals surface area (Å²) in [6, 6.07) is 0.519. The zero-order chi connectivity index (χ0) is 12.3. The monoisotopic (exact) mass is 240 g/mol. The number of hydrogen-bond acceptors (Lipinski definition) is 4. The molecule has 4 nitrogen and oxygen atoms in total. The summed E-state index contributed by atoms with van der Waals surface area (Å²) in [5.74, 6) is -0.0609. The van der Waals surface area contributed by atoms with E-state index in [2.05, 4.69) is 10.2 Å². The summed E-state index contributed by atoms with van der Waals surface area (Å²) < 4.78 is 5.11. The predicted molar refractivity (Wildman–Crippen MR) is 66.9 cm³/mol. The minimum atomic E-state index is -0.0609. The van der Waals surface area contributed by atoms with Gasteiger partial charge >= 0.3 is 5.97 Å². The molecule has 0 aromatic heterocycles. The van der Waals surface area contributed by atoms with Crippen LogP contribution in [0.5, 0.6) is 0 Å². The zero-order valence-electron chi connectivity index (χ0n) is 11.0. The third-order valence-electron chi connectivity index (χ3n) is 4.36. The molecular formula is C13H24N2O2. The van der Waals surface area contributed by atoms with E-state index in [4.69, 9.17) is 4.74 Å². The Bertz CT molecular complexity index is 283. The van der Waals surface area contributed by atoms with E-state index >= 15 is 0 Å². The summed E-state index contributed by atoms with van der Waals surface area (Å²) in [5, 5.41) is 3.42. The second-order valence-electron chi connectivity index (χ2n) is 5.19. The molecule has 0 saturated carbocycles. The van der Waals surface area contributed by atoms with E-state index in [1.807, 2.05) is 14.0 Å². The van der Waals surface area contributed by atoms with Crippen LogP contribution in [0.2, 0.25) is 0 Å². The highest BCUT2D eigenvalue weighted by Crippen LogP contribution is 2.37. The first kappa shape index (κ1) is 12.8. The minimum absolute atomic E-state index is 0.0489. The molecule has 2 rings (SSSR count). The fourth-order valence-electron chi connectivity index (χ4n) is 3.45. The summed E-state index contributed by atoms with van der Waals surface area (Å²) in [6.07, 6.45) is 5.37. The lowest BCUT2D eigenvalue weighted by molar-refractivity contribution is -0.145. The van der Waals surface area contributed by atoms with E-state index in [9.17, 15) is 4.79 Å². The van der Waals surface area contributed by atoms with Crippen molar-refractivity contribution in [1.82, 2.24) is 10.2 Å².